The molecule has 0 saturated carbocycles. The van der Waals surface area contributed by atoms with Crippen molar-refractivity contribution < 1.29 is 52.9 Å². The van der Waals surface area contributed by atoms with Crippen LogP contribution in [-0.2, 0) is 14.3 Å². The van der Waals surface area contributed by atoms with Crippen molar-refractivity contribution in [3.8, 4) is 11.5 Å². The Kier molecular flexibility index (Phi) is 10.8. The van der Waals surface area contributed by atoms with Crippen LogP contribution in [0.5, 0.6) is 11.5 Å². The zero-order valence-electron chi connectivity index (χ0n) is 15.1. The van der Waals surface area contributed by atoms with Crippen LogP contribution in [0.3, 0.4) is 0 Å². The second-order valence-corrected chi connectivity index (χ2v) is 4.80. The van der Waals surface area contributed by atoms with E-state index < -0.39 is 12.1 Å². The molecule has 0 saturated heterocycles. The molecule has 136 valence electrons. The van der Waals surface area contributed by atoms with Crippen molar-refractivity contribution in [2.24, 2.45) is 10.2 Å². The summed E-state index contributed by atoms with van der Waals surface area (Å²) in [6, 6.07) is 4.82. The Morgan fingerprint density at radius 3 is 2.27 bits per heavy atom. The summed E-state index contributed by atoms with van der Waals surface area (Å²) >= 11 is 0. The summed E-state index contributed by atoms with van der Waals surface area (Å²) in [7, 11) is 4.08. The minimum absolute atomic E-state index is 0. The van der Waals surface area contributed by atoms with E-state index in [1.54, 1.807) is 18.2 Å². The first kappa shape index (κ1) is 23.5. The summed E-state index contributed by atoms with van der Waals surface area (Å²) < 4.78 is 14.7. The van der Waals surface area contributed by atoms with E-state index in [2.05, 4.69) is 14.9 Å². The molecule has 1 N–H and O–H groups in total. The van der Waals surface area contributed by atoms with Crippen LogP contribution in [-0.4, -0.2) is 50.0 Å². The molecule has 0 radical (unpaired) electrons. The van der Waals surface area contributed by atoms with E-state index in [0.29, 0.717) is 17.1 Å². The van der Waals surface area contributed by atoms with E-state index in [1.165, 1.54) is 14.2 Å². The smallest absolute Gasteiger partial charge is 0.602 e. The van der Waals surface area contributed by atoms with E-state index >= 15 is 0 Å². The van der Waals surface area contributed by atoms with Crippen LogP contribution in [0, 0.1) is 0 Å². The molecule has 0 aliphatic rings. The van der Waals surface area contributed by atoms with Crippen molar-refractivity contribution in [1.29, 1.82) is 0 Å². The minimum atomic E-state index is -1.07. The molecule has 0 unspecified atom stereocenters. The number of carbonyl (C=O) groups excluding carboxylic acids is 1. The van der Waals surface area contributed by atoms with Crippen molar-refractivity contribution >= 4 is 23.5 Å². The van der Waals surface area contributed by atoms with Crippen molar-refractivity contribution in [3.63, 3.8) is 0 Å². The number of aliphatic carboxylic acids is 1. The molecule has 0 atom stereocenters. The molecule has 0 amide bonds. The van der Waals surface area contributed by atoms with Crippen LogP contribution < -0.4 is 33.4 Å². The Labute approximate surface area is 162 Å². The minimum Gasteiger partial charge on any atom is -0.602 e. The summed E-state index contributed by atoms with van der Waals surface area (Å²) in [6.45, 7) is 0. The third-order valence-corrected chi connectivity index (χ3v) is 3.13. The van der Waals surface area contributed by atoms with Gasteiger partial charge in [0.15, 0.2) is 17.6 Å². The largest absolute Gasteiger partial charge is 1.00 e. The van der Waals surface area contributed by atoms with Gasteiger partial charge in [-0.3, -0.25) is 9.59 Å². The van der Waals surface area contributed by atoms with Gasteiger partial charge in [0, 0.05) is 12.0 Å². The summed E-state index contributed by atoms with van der Waals surface area (Å²) in [6.07, 6.45) is -1.55. The quantitative estimate of drug-likeness (QED) is 0.225. The number of ketones is 1. The Morgan fingerprint density at radius 1 is 1.08 bits per heavy atom. The second-order valence-electron chi connectivity index (χ2n) is 4.80. The Hall–Kier alpha value is -2.50. The zero-order chi connectivity index (χ0) is 18.8. The summed E-state index contributed by atoms with van der Waals surface area (Å²) in [4.78, 5) is 22.5. The number of benzene rings is 1. The van der Waals surface area contributed by atoms with Crippen LogP contribution in [0.15, 0.2) is 28.4 Å². The molecule has 0 heterocycles. The average molecular weight is 358 g/mol. The Bertz CT molecular complexity index is 689. The maximum absolute atomic E-state index is 12.0. The first-order valence-corrected chi connectivity index (χ1v) is 7.22. The van der Waals surface area contributed by atoms with Gasteiger partial charge in [0.25, 0.3) is 0 Å². The Balaban J connectivity index is 0.00000625. The maximum atomic E-state index is 12.0. The van der Waals surface area contributed by atoms with Crippen LogP contribution in [0.25, 0.3) is 0 Å². The third-order valence-electron chi connectivity index (χ3n) is 3.13. The molecule has 1 aromatic rings. The number of hydrogen-bond acceptors (Lipinski definition) is 8. The summed E-state index contributed by atoms with van der Waals surface area (Å²) in [5, 5.41) is 26.9. The van der Waals surface area contributed by atoms with Gasteiger partial charge in [-0.2, -0.15) is 5.10 Å². The van der Waals surface area contributed by atoms with E-state index in [0.717, 1.165) is 7.11 Å². The van der Waals surface area contributed by atoms with Gasteiger partial charge in [0.05, 0.1) is 32.8 Å². The van der Waals surface area contributed by atoms with Crippen molar-refractivity contribution in [1.82, 2.24) is 0 Å². The number of ether oxygens (including phenoxy) is 3. The molecule has 1 aromatic carbocycles. The molecule has 0 spiro atoms. The molecule has 9 nitrogen and oxygen atoms in total. The SMILES string of the molecule is CO/C([O-])=N/N=C(\CC(=O)CCC(=O)O)c1ccc(OC)c(OC)c1.[Li+]. The molecule has 0 aliphatic heterocycles. The van der Waals surface area contributed by atoms with Gasteiger partial charge >= 0.3 is 24.8 Å². The van der Waals surface area contributed by atoms with E-state index in [-0.39, 0.29) is 49.6 Å². The molecule has 26 heavy (non-hydrogen) atoms. The number of carboxylic acid groups (broad SMARTS) is 1. The molecule has 0 fully saturated rings. The number of nitrogens with zero attached hydrogens (tertiary/aromatic N) is 2. The van der Waals surface area contributed by atoms with Crippen molar-refractivity contribution in [3.05, 3.63) is 23.8 Å². The third kappa shape index (κ3) is 7.59. The maximum Gasteiger partial charge on any atom is 1.00 e. The number of rotatable bonds is 9. The van der Waals surface area contributed by atoms with Gasteiger partial charge in [-0.25, -0.2) is 0 Å². The van der Waals surface area contributed by atoms with Crippen molar-refractivity contribution in [2.45, 2.75) is 19.3 Å². The molecule has 0 bridgehead atoms. The van der Waals surface area contributed by atoms with E-state index in [4.69, 9.17) is 14.6 Å². The number of Topliss-reactive ketones (excluding diaryl/α,β-unsaturated/α-hetero) is 1. The zero-order valence-corrected chi connectivity index (χ0v) is 15.1. The topological polar surface area (TPSA) is 130 Å². The average Bonchev–Trinajstić information content (AvgIpc) is 2.62. The monoisotopic (exact) mass is 358 g/mol. The fourth-order valence-electron chi connectivity index (χ4n) is 1.87. The van der Waals surface area contributed by atoms with Gasteiger partial charge in [-0.15, -0.1) is 5.10 Å². The van der Waals surface area contributed by atoms with E-state index in [9.17, 15) is 14.7 Å². The molecule has 0 aliphatic carbocycles. The number of carbonyl (C=O) groups is 2. The van der Waals surface area contributed by atoms with Crippen molar-refractivity contribution in [2.75, 3.05) is 21.3 Å². The Morgan fingerprint density at radius 2 is 1.73 bits per heavy atom. The first-order valence-electron chi connectivity index (χ1n) is 7.22. The van der Waals surface area contributed by atoms with Gasteiger partial charge in [0.1, 0.15) is 5.78 Å². The van der Waals surface area contributed by atoms with Crippen LogP contribution >= 0.6 is 0 Å². The second kappa shape index (κ2) is 11.9. The number of carboxylic acids is 1. The van der Waals surface area contributed by atoms with Crippen LogP contribution in [0.2, 0.25) is 0 Å². The van der Waals surface area contributed by atoms with E-state index in [1.807, 2.05) is 0 Å². The predicted molar refractivity (Wildman–Crippen MR) is 87.0 cm³/mol. The van der Waals surface area contributed by atoms with Gasteiger partial charge < -0.3 is 24.4 Å². The molecule has 0 aromatic heterocycles. The summed E-state index contributed by atoms with van der Waals surface area (Å²) in [5.41, 5.74) is 0.663. The molecule has 10 heteroatoms. The molecule has 1 rings (SSSR count). The first-order chi connectivity index (χ1) is 11.9. The number of hydrogen-bond donors (Lipinski definition) is 1. The molecular weight excluding hydrogens is 339 g/mol. The standard InChI is InChI=1S/C16H20N2O7.Li/c1-23-13-6-4-10(8-14(13)24-2)12(17-18-16(22)25-3)9-11(19)5-7-15(20)21;/h4,6,8H,5,7,9H2,1-3H3,(H,18,22)(H,20,21);/q;+1/p-1/b17-12+;. The van der Waals surface area contributed by atoms with Gasteiger partial charge in [-0.1, -0.05) is 0 Å². The normalized spacial score (nSPS) is 11.3. The fourth-order valence-corrected chi connectivity index (χ4v) is 1.87. The predicted octanol–water partition coefficient (Wildman–Crippen LogP) is -2.40. The summed E-state index contributed by atoms with van der Waals surface area (Å²) in [5.74, 6) is -0.537. The molecular formula is C16H19LiN2O7. The number of methoxy groups -OCH3 is 3. The van der Waals surface area contributed by atoms with Crippen LogP contribution in [0.1, 0.15) is 24.8 Å². The van der Waals surface area contributed by atoms with Gasteiger partial charge in [-0.05, 0) is 25.3 Å². The van der Waals surface area contributed by atoms with Gasteiger partial charge in [0.2, 0.25) is 0 Å². The van der Waals surface area contributed by atoms with Crippen LogP contribution in [0.4, 0.5) is 0 Å². The fraction of sp³-hybridized carbons (Fsp3) is 0.375.